The smallest absolute Gasteiger partial charge is 0.279 e. The number of hydrogen-bond donors (Lipinski definition) is 2. The Kier molecular flexibility index (Phi) is 5.61. The number of nitrogens with one attached hydrogen (secondary N) is 2. The van der Waals surface area contributed by atoms with Crippen molar-refractivity contribution in [3.05, 3.63) is 58.6 Å². The Labute approximate surface area is 153 Å². The maximum absolute atomic E-state index is 12.5. The molecule has 2 N–H and O–H groups in total. The van der Waals surface area contributed by atoms with Gasteiger partial charge in [0.1, 0.15) is 11.8 Å². The summed E-state index contributed by atoms with van der Waals surface area (Å²) in [7, 11) is 3.66. The summed E-state index contributed by atoms with van der Waals surface area (Å²) in [6.45, 7) is 0.397. The van der Waals surface area contributed by atoms with E-state index in [4.69, 9.17) is 16.3 Å². The van der Waals surface area contributed by atoms with E-state index < -0.39 is 0 Å². The Bertz CT molecular complexity index is 763. The van der Waals surface area contributed by atoms with Crippen molar-refractivity contribution in [2.24, 2.45) is 0 Å². The first-order chi connectivity index (χ1) is 12.1. The SMILES string of the molecule is COc1ccc(Cl)cc1NC(=O)C[NH+](C)[C@@H]1CCCc2ccccc21. The molecule has 132 valence electrons. The van der Waals surface area contributed by atoms with Crippen LogP contribution in [0.25, 0.3) is 0 Å². The number of carbonyl (C=O) groups is 1. The summed E-state index contributed by atoms with van der Waals surface area (Å²) in [5.41, 5.74) is 3.39. The second kappa shape index (κ2) is 7.89. The van der Waals surface area contributed by atoms with Crippen LogP contribution in [0.15, 0.2) is 42.5 Å². The molecule has 0 saturated carbocycles. The van der Waals surface area contributed by atoms with Crippen LogP contribution in [0.4, 0.5) is 5.69 Å². The Morgan fingerprint density at radius 3 is 2.92 bits per heavy atom. The van der Waals surface area contributed by atoms with Crippen molar-refractivity contribution in [1.82, 2.24) is 0 Å². The molecule has 1 aliphatic carbocycles. The molecule has 1 aliphatic rings. The van der Waals surface area contributed by atoms with Gasteiger partial charge in [0.25, 0.3) is 5.91 Å². The number of rotatable bonds is 5. The van der Waals surface area contributed by atoms with Crippen molar-refractivity contribution in [3.8, 4) is 5.75 Å². The minimum absolute atomic E-state index is 0.0406. The molecule has 0 fully saturated rings. The molecule has 25 heavy (non-hydrogen) atoms. The minimum atomic E-state index is -0.0406. The molecule has 0 radical (unpaired) electrons. The Morgan fingerprint density at radius 2 is 2.12 bits per heavy atom. The Hall–Kier alpha value is -2.04. The van der Waals surface area contributed by atoms with E-state index in [1.165, 1.54) is 22.4 Å². The van der Waals surface area contributed by atoms with Crippen LogP contribution in [0.2, 0.25) is 5.02 Å². The lowest BCUT2D eigenvalue weighted by Crippen LogP contribution is -3.10. The fourth-order valence-electron chi connectivity index (χ4n) is 3.61. The number of hydrogen-bond acceptors (Lipinski definition) is 2. The van der Waals surface area contributed by atoms with E-state index in [0.717, 1.165) is 12.8 Å². The van der Waals surface area contributed by atoms with Gasteiger partial charge in [-0.15, -0.1) is 0 Å². The number of fused-ring (bicyclic) bond motifs is 1. The van der Waals surface area contributed by atoms with E-state index in [1.807, 2.05) is 0 Å². The highest BCUT2D eigenvalue weighted by molar-refractivity contribution is 6.31. The molecular formula is C20H24ClN2O2+. The Morgan fingerprint density at radius 1 is 1.32 bits per heavy atom. The summed E-state index contributed by atoms with van der Waals surface area (Å²) < 4.78 is 5.29. The van der Waals surface area contributed by atoms with Gasteiger partial charge >= 0.3 is 0 Å². The minimum Gasteiger partial charge on any atom is -0.495 e. The molecule has 1 unspecified atom stereocenters. The van der Waals surface area contributed by atoms with Crippen molar-refractivity contribution in [3.63, 3.8) is 0 Å². The average molecular weight is 360 g/mol. The molecule has 2 atom stereocenters. The normalized spacial score (nSPS) is 17.5. The predicted octanol–water partition coefficient (Wildman–Crippen LogP) is 2.88. The van der Waals surface area contributed by atoms with Crippen molar-refractivity contribution in [2.75, 3.05) is 26.0 Å². The van der Waals surface area contributed by atoms with Crippen LogP contribution in [-0.2, 0) is 11.2 Å². The summed E-state index contributed by atoms with van der Waals surface area (Å²) in [6.07, 6.45) is 3.41. The van der Waals surface area contributed by atoms with E-state index in [0.29, 0.717) is 29.0 Å². The van der Waals surface area contributed by atoms with Gasteiger partial charge in [-0.25, -0.2) is 0 Å². The van der Waals surface area contributed by atoms with Gasteiger partial charge in [0, 0.05) is 17.0 Å². The first-order valence-corrected chi connectivity index (χ1v) is 9.00. The third-order valence-electron chi connectivity index (χ3n) is 4.84. The van der Waals surface area contributed by atoms with Crippen LogP contribution in [0.1, 0.15) is 30.0 Å². The van der Waals surface area contributed by atoms with Crippen LogP contribution in [0.5, 0.6) is 5.75 Å². The number of benzene rings is 2. The lowest BCUT2D eigenvalue weighted by atomic mass is 9.87. The van der Waals surface area contributed by atoms with E-state index in [9.17, 15) is 4.79 Å². The molecule has 0 spiro atoms. The molecule has 5 heteroatoms. The van der Waals surface area contributed by atoms with E-state index >= 15 is 0 Å². The first-order valence-electron chi connectivity index (χ1n) is 8.62. The van der Waals surface area contributed by atoms with E-state index in [-0.39, 0.29) is 5.91 Å². The highest BCUT2D eigenvalue weighted by atomic mass is 35.5. The maximum Gasteiger partial charge on any atom is 0.279 e. The molecule has 3 rings (SSSR count). The van der Waals surface area contributed by atoms with Gasteiger partial charge in [-0.2, -0.15) is 0 Å². The highest BCUT2D eigenvalue weighted by Crippen LogP contribution is 2.28. The summed E-state index contributed by atoms with van der Waals surface area (Å²) in [6, 6.07) is 14.1. The number of anilines is 1. The molecule has 0 saturated heterocycles. The zero-order valence-electron chi connectivity index (χ0n) is 14.6. The van der Waals surface area contributed by atoms with Gasteiger partial charge in [0.15, 0.2) is 6.54 Å². The van der Waals surface area contributed by atoms with Crippen molar-refractivity contribution in [2.45, 2.75) is 25.3 Å². The fourth-order valence-corrected chi connectivity index (χ4v) is 3.79. The van der Waals surface area contributed by atoms with Crippen LogP contribution in [0.3, 0.4) is 0 Å². The standard InChI is InChI=1S/C20H23ClN2O2/c1-23(18-9-5-7-14-6-3-4-8-16(14)18)13-20(24)22-17-12-15(21)10-11-19(17)25-2/h3-4,6,8,10-12,18H,5,7,9,13H2,1-2H3,(H,22,24)/p+1/t18-/m1/s1. The largest absolute Gasteiger partial charge is 0.495 e. The third-order valence-corrected chi connectivity index (χ3v) is 5.07. The van der Waals surface area contributed by atoms with Crippen molar-refractivity contribution >= 4 is 23.2 Å². The highest BCUT2D eigenvalue weighted by Gasteiger charge is 2.28. The van der Waals surface area contributed by atoms with Crippen molar-refractivity contribution < 1.29 is 14.4 Å². The van der Waals surface area contributed by atoms with Gasteiger partial charge < -0.3 is 15.0 Å². The summed E-state index contributed by atoms with van der Waals surface area (Å²) in [5.74, 6) is 0.569. The third kappa shape index (κ3) is 4.14. The zero-order chi connectivity index (χ0) is 17.8. The molecule has 0 aliphatic heterocycles. The monoisotopic (exact) mass is 359 g/mol. The predicted molar refractivity (Wildman–Crippen MR) is 101 cm³/mol. The van der Waals surface area contributed by atoms with Crippen LogP contribution in [0, 0.1) is 0 Å². The number of quaternary nitrogens is 1. The zero-order valence-corrected chi connectivity index (χ0v) is 15.4. The molecule has 0 bridgehead atoms. The number of methoxy groups -OCH3 is 1. The molecular weight excluding hydrogens is 336 g/mol. The number of carbonyl (C=O) groups excluding carboxylic acids is 1. The lowest BCUT2D eigenvalue weighted by Gasteiger charge is -2.30. The average Bonchev–Trinajstić information content (AvgIpc) is 2.61. The Balaban J connectivity index is 1.69. The van der Waals surface area contributed by atoms with Crippen LogP contribution < -0.4 is 15.0 Å². The number of halogens is 1. The topological polar surface area (TPSA) is 42.8 Å². The van der Waals surface area contributed by atoms with Gasteiger partial charge in [0.05, 0.1) is 19.8 Å². The summed E-state index contributed by atoms with van der Waals surface area (Å²) in [4.78, 5) is 13.7. The first kappa shape index (κ1) is 17.8. The van der Waals surface area contributed by atoms with Gasteiger partial charge in [-0.1, -0.05) is 35.9 Å². The molecule has 4 nitrogen and oxygen atoms in total. The lowest BCUT2D eigenvalue weighted by molar-refractivity contribution is -0.905. The molecule has 0 heterocycles. The summed E-state index contributed by atoms with van der Waals surface area (Å²) in [5, 5.41) is 3.49. The quantitative estimate of drug-likeness (QED) is 0.862. The molecule has 1 amide bonds. The van der Waals surface area contributed by atoms with Gasteiger partial charge in [-0.05, 0) is 36.6 Å². The summed E-state index contributed by atoms with van der Waals surface area (Å²) >= 11 is 6.03. The number of ether oxygens (including phenoxy) is 1. The fraction of sp³-hybridized carbons (Fsp3) is 0.350. The number of aryl methyl sites for hydroxylation is 1. The second-order valence-electron chi connectivity index (χ2n) is 6.56. The van der Waals surface area contributed by atoms with Crippen LogP contribution in [-0.4, -0.2) is 26.6 Å². The van der Waals surface area contributed by atoms with E-state index in [1.54, 1.807) is 25.3 Å². The number of amides is 1. The van der Waals surface area contributed by atoms with Crippen molar-refractivity contribution in [1.29, 1.82) is 0 Å². The molecule has 0 aromatic heterocycles. The second-order valence-corrected chi connectivity index (χ2v) is 7.00. The van der Waals surface area contributed by atoms with Crippen LogP contribution >= 0.6 is 11.6 Å². The van der Waals surface area contributed by atoms with E-state index in [2.05, 4.69) is 36.6 Å². The molecule has 2 aromatic rings. The van der Waals surface area contributed by atoms with Gasteiger partial charge in [0.2, 0.25) is 0 Å². The van der Waals surface area contributed by atoms with Gasteiger partial charge in [-0.3, -0.25) is 4.79 Å². The molecule has 2 aromatic carbocycles. The number of likely N-dealkylation sites (N-methyl/N-ethyl adjacent to an activating group) is 1. The maximum atomic E-state index is 12.5.